The van der Waals surface area contributed by atoms with E-state index in [9.17, 15) is 4.79 Å². The summed E-state index contributed by atoms with van der Waals surface area (Å²) in [6.07, 6.45) is 7.40. The Morgan fingerprint density at radius 1 is 1.39 bits per heavy atom. The average Bonchev–Trinajstić information content (AvgIpc) is 2.78. The van der Waals surface area contributed by atoms with Crippen molar-refractivity contribution in [2.45, 2.75) is 19.8 Å². The number of likely N-dealkylation sites (N-methyl/N-ethyl adjacent to an activating group) is 1. The molecule has 3 heteroatoms. The van der Waals surface area contributed by atoms with E-state index < -0.39 is 0 Å². The molecule has 3 nitrogen and oxygen atoms in total. The Hall–Kier alpha value is -2.03. The summed E-state index contributed by atoms with van der Waals surface area (Å²) < 4.78 is 0. The van der Waals surface area contributed by atoms with Gasteiger partial charge in [0.25, 0.3) is 0 Å². The van der Waals surface area contributed by atoms with Crippen LogP contribution in [-0.2, 0) is 11.2 Å². The van der Waals surface area contributed by atoms with Crippen LogP contribution in [0.2, 0.25) is 0 Å². The number of carbonyl (C=O) groups is 1. The van der Waals surface area contributed by atoms with E-state index in [0.717, 1.165) is 12.8 Å². The van der Waals surface area contributed by atoms with E-state index in [4.69, 9.17) is 0 Å². The summed E-state index contributed by atoms with van der Waals surface area (Å²) in [5.41, 5.74) is 2.46. The van der Waals surface area contributed by atoms with Crippen LogP contribution in [0.25, 0.3) is 10.9 Å². The quantitative estimate of drug-likeness (QED) is 0.778. The molecule has 0 fully saturated rings. The Bertz CT molecular complexity index is 554. The van der Waals surface area contributed by atoms with Crippen molar-refractivity contribution < 1.29 is 4.79 Å². The molecule has 0 bridgehead atoms. The number of allylic oxidation sites excluding steroid dienone is 1. The molecule has 0 aliphatic rings. The zero-order valence-corrected chi connectivity index (χ0v) is 10.6. The minimum absolute atomic E-state index is 0.0172. The number of hydrogen-bond donors (Lipinski definition) is 2. The molecule has 1 amide bonds. The number of aromatic nitrogens is 1. The molecule has 18 heavy (non-hydrogen) atoms. The van der Waals surface area contributed by atoms with Gasteiger partial charge in [0.15, 0.2) is 0 Å². The molecule has 2 aromatic rings. The van der Waals surface area contributed by atoms with Crippen LogP contribution in [0.4, 0.5) is 0 Å². The van der Waals surface area contributed by atoms with Crippen molar-refractivity contribution >= 4 is 16.8 Å². The van der Waals surface area contributed by atoms with Crippen molar-refractivity contribution in [1.82, 2.24) is 10.3 Å². The number of para-hydroxylation sites is 1. The van der Waals surface area contributed by atoms with Crippen LogP contribution < -0.4 is 5.32 Å². The highest BCUT2D eigenvalue weighted by Crippen LogP contribution is 2.18. The number of carbonyl (C=O) groups excluding carboxylic acids is 1. The van der Waals surface area contributed by atoms with E-state index in [1.54, 1.807) is 6.08 Å². The van der Waals surface area contributed by atoms with Crippen LogP contribution in [-0.4, -0.2) is 17.4 Å². The maximum absolute atomic E-state index is 11.2. The molecule has 0 atom stereocenters. The Kier molecular flexibility index (Phi) is 4.18. The largest absolute Gasteiger partial charge is 0.361 e. The van der Waals surface area contributed by atoms with Crippen molar-refractivity contribution in [3.8, 4) is 0 Å². The van der Waals surface area contributed by atoms with E-state index in [1.165, 1.54) is 16.5 Å². The monoisotopic (exact) mass is 242 g/mol. The highest BCUT2D eigenvalue weighted by atomic mass is 16.1. The minimum Gasteiger partial charge on any atom is -0.361 e. The highest BCUT2D eigenvalue weighted by molar-refractivity contribution is 5.87. The van der Waals surface area contributed by atoms with Crippen molar-refractivity contribution in [2.75, 3.05) is 6.54 Å². The first kappa shape index (κ1) is 12.4. The van der Waals surface area contributed by atoms with E-state index >= 15 is 0 Å². The molecular weight excluding hydrogens is 224 g/mol. The third kappa shape index (κ3) is 3.00. The number of nitrogens with one attached hydrogen (secondary N) is 2. The number of rotatable bonds is 5. The molecular formula is C15H18N2O. The maximum atomic E-state index is 11.2. The molecule has 0 aliphatic heterocycles. The van der Waals surface area contributed by atoms with Crippen LogP contribution >= 0.6 is 0 Å². The number of amides is 1. The van der Waals surface area contributed by atoms with E-state index in [2.05, 4.69) is 22.4 Å². The number of H-pyrrole nitrogens is 1. The molecule has 0 spiro atoms. The van der Waals surface area contributed by atoms with Gasteiger partial charge >= 0.3 is 0 Å². The summed E-state index contributed by atoms with van der Waals surface area (Å²) in [4.78, 5) is 14.5. The standard InChI is InChI=1S/C15H18N2O/c1-2-16-15(18)10-6-3-7-12-11-17-14-9-5-4-8-13(12)14/h4-6,8-11,17H,2-3,7H2,1H3,(H,16,18). The Balaban J connectivity index is 1.93. The number of hydrogen-bond acceptors (Lipinski definition) is 1. The maximum Gasteiger partial charge on any atom is 0.243 e. The number of fused-ring (bicyclic) bond motifs is 1. The minimum atomic E-state index is -0.0172. The van der Waals surface area contributed by atoms with Crippen molar-refractivity contribution in [3.05, 3.63) is 48.2 Å². The average molecular weight is 242 g/mol. The zero-order valence-electron chi connectivity index (χ0n) is 10.6. The summed E-state index contributed by atoms with van der Waals surface area (Å²) in [7, 11) is 0. The normalized spacial score (nSPS) is 11.2. The molecule has 0 aliphatic carbocycles. The predicted octanol–water partition coefficient (Wildman–Crippen LogP) is 2.79. The molecule has 0 saturated carbocycles. The second kappa shape index (κ2) is 6.05. The Morgan fingerprint density at radius 2 is 2.22 bits per heavy atom. The van der Waals surface area contributed by atoms with Gasteiger partial charge in [-0.05, 0) is 37.5 Å². The molecule has 2 N–H and O–H groups in total. The van der Waals surface area contributed by atoms with Crippen LogP contribution in [0.1, 0.15) is 18.9 Å². The third-order valence-electron chi connectivity index (χ3n) is 2.88. The summed E-state index contributed by atoms with van der Waals surface area (Å²) >= 11 is 0. The Morgan fingerprint density at radius 3 is 3.06 bits per heavy atom. The van der Waals surface area contributed by atoms with Gasteiger partial charge in [-0.15, -0.1) is 0 Å². The van der Waals surface area contributed by atoms with E-state index in [1.807, 2.05) is 31.3 Å². The highest BCUT2D eigenvalue weighted by Gasteiger charge is 2.01. The predicted molar refractivity (Wildman–Crippen MR) is 74.4 cm³/mol. The molecule has 0 saturated heterocycles. The van der Waals surface area contributed by atoms with Crippen LogP contribution in [0, 0.1) is 0 Å². The second-order valence-electron chi connectivity index (χ2n) is 4.20. The first-order valence-corrected chi connectivity index (χ1v) is 6.30. The number of aryl methyl sites for hydroxylation is 1. The van der Waals surface area contributed by atoms with Crippen LogP contribution in [0.15, 0.2) is 42.6 Å². The molecule has 1 aromatic carbocycles. The topological polar surface area (TPSA) is 44.9 Å². The summed E-state index contributed by atoms with van der Waals surface area (Å²) in [6.45, 7) is 2.59. The lowest BCUT2D eigenvalue weighted by molar-refractivity contribution is -0.116. The van der Waals surface area contributed by atoms with E-state index in [0.29, 0.717) is 6.54 Å². The van der Waals surface area contributed by atoms with E-state index in [-0.39, 0.29) is 5.91 Å². The number of benzene rings is 1. The molecule has 0 radical (unpaired) electrons. The molecule has 1 heterocycles. The SMILES string of the molecule is CCNC(=O)C=CCCc1c[nH]c2ccccc12. The fourth-order valence-corrected chi connectivity index (χ4v) is 2.00. The summed E-state index contributed by atoms with van der Waals surface area (Å²) in [5.74, 6) is -0.0172. The lowest BCUT2D eigenvalue weighted by Gasteiger charge is -1.96. The first-order chi connectivity index (χ1) is 8.81. The lowest BCUT2D eigenvalue weighted by atomic mass is 10.1. The van der Waals surface area contributed by atoms with Gasteiger partial charge in [-0.25, -0.2) is 0 Å². The molecule has 2 rings (SSSR count). The van der Waals surface area contributed by atoms with Crippen LogP contribution in [0.5, 0.6) is 0 Å². The summed E-state index contributed by atoms with van der Waals surface area (Å²) in [6, 6.07) is 8.26. The molecule has 1 aromatic heterocycles. The zero-order chi connectivity index (χ0) is 12.8. The van der Waals surface area contributed by atoms with Gasteiger partial charge in [-0.1, -0.05) is 24.3 Å². The van der Waals surface area contributed by atoms with Crippen molar-refractivity contribution in [2.24, 2.45) is 0 Å². The third-order valence-corrected chi connectivity index (χ3v) is 2.88. The van der Waals surface area contributed by atoms with Gasteiger partial charge in [-0.2, -0.15) is 0 Å². The van der Waals surface area contributed by atoms with Crippen molar-refractivity contribution in [1.29, 1.82) is 0 Å². The van der Waals surface area contributed by atoms with Crippen LogP contribution in [0.3, 0.4) is 0 Å². The van der Waals surface area contributed by atoms with Gasteiger partial charge in [0.2, 0.25) is 5.91 Å². The van der Waals surface area contributed by atoms with Gasteiger partial charge in [0.1, 0.15) is 0 Å². The second-order valence-corrected chi connectivity index (χ2v) is 4.20. The fourth-order valence-electron chi connectivity index (χ4n) is 2.00. The van der Waals surface area contributed by atoms with Gasteiger partial charge < -0.3 is 10.3 Å². The first-order valence-electron chi connectivity index (χ1n) is 6.30. The molecule has 0 unspecified atom stereocenters. The van der Waals surface area contributed by atoms with Gasteiger partial charge in [-0.3, -0.25) is 4.79 Å². The lowest BCUT2D eigenvalue weighted by Crippen LogP contribution is -2.19. The van der Waals surface area contributed by atoms with Gasteiger partial charge in [0, 0.05) is 23.6 Å². The fraction of sp³-hybridized carbons (Fsp3) is 0.267. The van der Waals surface area contributed by atoms with Gasteiger partial charge in [0.05, 0.1) is 0 Å². The Labute approximate surface area is 107 Å². The van der Waals surface area contributed by atoms with Crippen molar-refractivity contribution in [3.63, 3.8) is 0 Å². The summed E-state index contributed by atoms with van der Waals surface area (Å²) in [5, 5.41) is 4.00. The smallest absolute Gasteiger partial charge is 0.243 e. The molecule has 94 valence electrons. The number of aromatic amines is 1.